The molecular formula is C17H15FN4O. The molecule has 0 amide bonds. The van der Waals surface area contributed by atoms with Gasteiger partial charge in [0, 0.05) is 11.8 Å². The third-order valence-electron chi connectivity index (χ3n) is 4.20. The van der Waals surface area contributed by atoms with Crippen molar-refractivity contribution in [1.29, 1.82) is 0 Å². The highest BCUT2D eigenvalue weighted by Crippen LogP contribution is 2.34. The van der Waals surface area contributed by atoms with Crippen LogP contribution in [-0.2, 0) is 6.42 Å². The van der Waals surface area contributed by atoms with Gasteiger partial charge in [0.2, 0.25) is 0 Å². The summed E-state index contributed by atoms with van der Waals surface area (Å²) in [6, 6.07) is 8.49. The summed E-state index contributed by atoms with van der Waals surface area (Å²) in [6.45, 7) is 0. The van der Waals surface area contributed by atoms with Crippen molar-refractivity contribution in [2.75, 3.05) is 7.11 Å². The highest BCUT2D eigenvalue weighted by Gasteiger charge is 2.26. The van der Waals surface area contributed by atoms with Gasteiger partial charge in [0.05, 0.1) is 25.0 Å². The number of rotatable bonds is 3. The van der Waals surface area contributed by atoms with Gasteiger partial charge in [-0.1, -0.05) is 11.3 Å². The molecule has 4 rings (SSSR count). The van der Waals surface area contributed by atoms with Crippen LogP contribution in [0.1, 0.15) is 23.7 Å². The number of benzene rings is 1. The molecule has 0 saturated carbocycles. The van der Waals surface area contributed by atoms with Crippen LogP contribution in [0.25, 0.3) is 11.3 Å². The van der Waals surface area contributed by atoms with Gasteiger partial charge in [-0.05, 0) is 42.7 Å². The van der Waals surface area contributed by atoms with Crippen LogP contribution in [0.2, 0.25) is 0 Å². The van der Waals surface area contributed by atoms with E-state index in [9.17, 15) is 4.39 Å². The van der Waals surface area contributed by atoms with Gasteiger partial charge in [0.1, 0.15) is 17.3 Å². The quantitative estimate of drug-likeness (QED) is 0.746. The van der Waals surface area contributed by atoms with E-state index in [0.717, 1.165) is 18.5 Å². The lowest BCUT2D eigenvalue weighted by Crippen LogP contribution is -2.09. The fraction of sp³-hybridized carbons (Fsp3) is 0.235. The maximum atomic E-state index is 13.6. The third kappa shape index (κ3) is 2.36. The summed E-state index contributed by atoms with van der Waals surface area (Å²) in [4.78, 5) is 4.47. The van der Waals surface area contributed by atoms with Crippen LogP contribution >= 0.6 is 0 Å². The van der Waals surface area contributed by atoms with Gasteiger partial charge < -0.3 is 4.74 Å². The van der Waals surface area contributed by atoms with Crippen LogP contribution in [0, 0.1) is 5.82 Å². The molecule has 6 heteroatoms. The Hall–Kier alpha value is -2.76. The number of aromatic nitrogens is 4. The zero-order chi connectivity index (χ0) is 15.8. The molecule has 0 aliphatic heterocycles. The van der Waals surface area contributed by atoms with E-state index in [1.54, 1.807) is 24.1 Å². The Kier molecular flexibility index (Phi) is 3.29. The normalized spacial score (nSPS) is 16.3. The Morgan fingerprint density at radius 1 is 1.30 bits per heavy atom. The highest BCUT2D eigenvalue weighted by atomic mass is 19.1. The highest BCUT2D eigenvalue weighted by molar-refractivity contribution is 5.66. The summed E-state index contributed by atoms with van der Waals surface area (Å²) in [7, 11) is 1.55. The minimum absolute atomic E-state index is 0.0759. The predicted molar refractivity (Wildman–Crippen MR) is 82.7 cm³/mol. The minimum atomic E-state index is -0.330. The number of aryl methyl sites for hydroxylation is 1. The van der Waals surface area contributed by atoms with Crippen LogP contribution in [0.15, 0.2) is 42.7 Å². The number of hydrogen-bond donors (Lipinski definition) is 0. The average molecular weight is 310 g/mol. The van der Waals surface area contributed by atoms with Crippen molar-refractivity contribution in [3.8, 4) is 17.0 Å². The molecule has 1 aromatic carbocycles. The number of ether oxygens (including phenoxy) is 1. The van der Waals surface area contributed by atoms with Gasteiger partial charge in [0.15, 0.2) is 0 Å². The SMILES string of the molecule is COc1ccc(F)cc1-c1cn(C2CCc3cccnc32)nn1. The van der Waals surface area contributed by atoms with Gasteiger partial charge in [-0.15, -0.1) is 5.10 Å². The number of fused-ring (bicyclic) bond motifs is 1. The van der Waals surface area contributed by atoms with E-state index in [2.05, 4.69) is 21.4 Å². The third-order valence-corrected chi connectivity index (χ3v) is 4.20. The summed E-state index contributed by atoms with van der Waals surface area (Å²) in [5, 5.41) is 8.42. The van der Waals surface area contributed by atoms with Crippen LogP contribution < -0.4 is 4.74 Å². The minimum Gasteiger partial charge on any atom is -0.496 e. The zero-order valence-electron chi connectivity index (χ0n) is 12.6. The number of halogens is 1. The van der Waals surface area contributed by atoms with E-state index >= 15 is 0 Å². The standard InChI is InChI=1S/C17H15FN4O/c1-23-16-7-5-12(18)9-13(16)14-10-22(21-20-14)15-6-4-11-3-2-8-19-17(11)15/h2-3,5,7-10,15H,4,6H2,1H3. The maximum Gasteiger partial charge on any atom is 0.128 e. The van der Waals surface area contributed by atoms with Crippen molar-refractivity contribution in [3.05, 3.63) is 59.8 Å². The van der Waals surface area contributed by atoms with Crippen molar-refractivity contribution in [3.63, 3.8) is 0 Å². The van der Waals surface area contributed by atoms with E-state index in [0.29, 0.717) is 17.0 Å². The van der Waals surface area contributed by atoms with Crippen molar-refractivity contribution < 1.29 is 9.13 Å². The average Bonchev–Trinajstić information content (AvgIpc) is 3.21. The Balaban J connectivity index is 1.72. The lowest BCUT2D eigenvalue weighted by Gasteiger charge is -2.09. The van der Waals surface area contributed by atoms with Crippen molar-refractivity contribution in [2.45, 2.75) is 18.9 Å². The fourth-order valence-corrected chi connectivity index (χ4v) is 3.08. The Bertz CT molecular complexity index is 861. The number of hydrogen-bond acceptors (Lipinski definition) is 4. The van der Waals surface area contributed by atoms with E-state index in [1.165, 1.54) is 17.7 Å². The molecule has 1 unspecified atom stereocenters. The van der Waals surface area contributed by atoms with Gasteiger partial charge in [-0.25, -0.2) is 9.07 Å². The molecule has 23 heavy (non-hydrogen) atoms. The second kappa shape index (κ2) is 5.46. The molecule has 0 spiro atoms. The predicted octanol–water partition coefficient (Wildman–Crippen LogP) is 3.02. The molecule has 0 bridgehead atoms. The summed E-state index contributed by atoms with van der Waals surface area (Å²) in [5.74, 6) is 0.242. The molecule has 1 aliphatic rings. The topological polar surface area (TPSA) is 52.8 Å². The first-order chi connectivity index (χ1) is 11.3. The zero-order valence-corrected chi connectivity index (χ0v) is 12.6. The second-order valence-electron chi connectivity index (χ2n) is 5.53. The molecule has 0 fully saturated rings. The Morgan fingerprint density at radius 2 is 2.22 bits per heavy atom. The first-order valence-corrected chi connectivity index (χ1v) is 7.46. The summed E-state index contributed by atoms with van der Waals surface area (Å²) in [6.07, 6.45) is 5.54. The molecule has 0 radical (unpaired) electrons. The molecule has 3 aromatic rings. The molecule has 0 N–H and O–H groups in total. The lowest BCUT2D eigenvalue weighted by atomic mass is 10.1. The van der Waals surface area contributed by atoms with Crippen molar-refractivity contribution >= 4 is 0 Å². The van der Waals surface area contributed by atoms with E-state index in [-0.39, 0.29) is 11.9 Å². The van der Waals surface area contributed by atoms with Crippen LogP contribution in [0.4, 0.5) is 4.39 Å². The number of nitrogens with zero attached hydrogens (tertiary/aromatic N) is 4. The van der Waals surface area contributed by atoms with E-state index in [4.69, 9.17) is 4.74 Å². The smallest absolute Gasteiger partial charge is 0.128 e. The molecule has 116 valence electrons. The number of pyridine rings is 1. The molecule has 1 aliphatic carbocycles. The molecule has 5 nitrogen and oxygen atoms in total. The number of methoxy groups -OCH3 is 1. The first kappa shape index (κ1) is 13.9. The molecule has 1 atom stereocenters. The van der Waals surface area contributed by atoms with Crippen LogP contribution in [0.3, 0.4) is 0 Å². The van der Waals surface area contributed by atoms with Gasteiger partial charge in [-0.3, -0.25) is 4.98 Å². The fourth-order valence-electron chi connectivity index (χ4n) is 3.08. The Labute approximate surface area is 132 Å². The molecule has 2 aromatic heterocycles. The van der Waals surface area contributed by atoms with Gasteiger partial charge in [0.25, 0.3) is 0 Å². The largest absolute Gasteiger partial charge is 0.496 e. The molecule has 0 saturated heterocycles. The maximum absolute atomic E-state index is 13.6. The Morgan fingerprint density at radius 3 is 3.09 bits per heavy atom. The first-order valence-electron chi connectivity index (χ1n) is 7.46. The second-order valence-corrected chi connectivity index (χ2v) is 5.53. The van der Waals surface area contributed by atoms with E-state index < -0.39 is 0 Å². The lowest BCUT2D eigenvalue weighted by molar-refractivity contribution is 0.415. The summed E-state index contributed by atoms with van der Waals surface area (Å²) < 4.78 is 20.6. The van der Waals surface area contributed by atoms with Crippen molar-refractivity contribution in [2.24, 2.45) is 0 Å². The molecule has 2 heterocycles. The van der Waals surface area contributed by atoms with Gasteiger partial charge >= 0.3 is 0 Å². The van der Waals surface area contributed by atoms with Crippen LogP contribution in [0.5, 0.6) is 5.75 Å². The molecular weight excluding hydrogens is 295 g/mol. The van der Waals surface area contributed by atoms with E-state index in [1.807, 2.05) is 12.3 Å². The van der Waals surface area contributed by atoms with Crippen LogP contribution in [-0.4, -0.2) is 27.1 Å². The van der Waals surface area contributed by atoms with Crippen molar-refractivity contribution in [1.82, 2.24) is 20.0 Å². The summed E-state index contributed by atoms with van der Waals surface area (Å²) in [5.41, 5.74) is 3.47. The van der Waals surface area contributed by atoms with Gasteiger partial charge in [-0.2, -0.15) is 0 Å². The summed E-state index contributed by atoms with van der Waals surface area (Å²) >= 11 is 0. The monoisotopic (exact) mass is 310 g/mol.